The average Bonchev–Trinajstić information content (AvgIpc) is 2.80. The minimum atomic E-state index is -1.16. The van der Waals surface area contributed by atoms with Crippen molar-refractivity contribution >= 4 is 46.1 Å². The number of benzene rings is 3. The number of aliphatic hydroxyl groups is 1. The van der Waals surface area contributed by atoms with Crippen molar-refractivity contribution < 1.29 is 19.6 Å². The van der Waals surface area contributed by atoms with Crippen LogP contribution in [0.25, 0.3) is 5.76 Å². The normalized spacial score (nSPS) is 11.7. The van der Waals surface area contributed by atoms with Crippen LogP contribution in [0.3, 0.4) is 0 Å². The molecule has 3 aromatic rings. The molecule has 0 aromatic heterocycles. The van der Waals surface area contributed by atoms with Crippen LogP contribution in [0, 0.1) is 10.1 Å². The van der Waals surface area contributed by atoms with Crippen LogP contribution in [-0.2, 0) is 9.59 Å². The molecule has 0 bridgehead atoms. The summed E-state index contributed by atoms with van der Waals surface area (Å²) in [6.07, 6.45) is 0. The average molecular weight is 451 g/mol. The van der Waals surface area contributed by atoms with Gasteiger partial charge in [0.15, 0.2) is 11.5 Å². The zero-order chi connectivity index (χ0) is 23.1. The highest BCUT2D eigenvalue weighted by molar-refractivity contribution is 6.47. The molecule has 2 N–H and O–H groups in total. The number of carbonyl (C=O) groups is 2. The van der Waals surface area contributed by atoms with Gasteiger partial charge in [-0.05, 0) is 48.5 Å². The molecular weight excluding hydrogens is 436 g/mol. The minimum Gasteiger partial charge on any atom is -0.505 e. The number of nitro groups is 1. The number of hydrogen-bond donors (Lipinski definition) is 2. The maximum atomic E-state index is 12.8. The maximum Gasteiger partial charge on any atom is 0.298 e. The van der Waals surface area contributed by atoms with E-state index >= 15 is 0 Å². The smallest absolute Gasteiger partial charge is 0.298 e. The molecule has 9 nitrogen and oxygen atoms in total. The van der Waals surface area contributed by atoms with E-state index in [-0.39, 0.29) is 16.9 Å². The first kappa shape index (κ1) is 22.3. The summed E-state index contributed by atoms with van der Waals surface area (Å²) < 4.78 is 0. The summed E-state index contributed by atoms with van der Waals surface area (Å²) in [6, 6.07) is 19.3. The number of halogens is 1. The van der Waals surface area contributed by atoms with E-state index in [2.05, 4.69) is 15.5 Å². The highest BCUT2D eigenvalue weighted by atomic mass is 35.5. The summed E-state index contributed by atoms with van der Waals surface area (Å²) in [4.78, 5) is 35.5. The predicted molar refractivity (Wildman–Crippen MR) is 119 cm³/mol. The fourth-order valence-electron chi connectivity index (χ4n) is 2.51. The quantitative estimate of drug-likeness (QED) is 0.123. The number of non-ortho nitro benzene ring substituents is 1. The Morgan fingerprint density at radius 3 is 2.16 bits per heavy atom. The molecule has 0 heterocycles. The molecule has 0 aliphatic heterocycles. The number of Topliss-reactive ketones (excluding diaryl/α,β-unsaturated/α-hetero) is 1. The van der Waals surface area contributed by atoms with Crippen LogP contribution in [0.4, 0.5) is 17.1 Å². The molecule has 0 saturated carbocycles. The lowest BCUT2D eigenvalue weighted by Gasteiger charge is -2.07. The van der Waals surface area contributed by atoms with Crippen molar-refractivity contribution in [2.75, 3.05) is 5.32 Å². The summed E-state index contributed by atoms with van der Waals surface area (Å²) in [5.74, 6) is -2.83. The van der Waals surface area contributed by atoms with Crippen molar-refractivity contribution in [1.29, 1.82) is 0 Å². The Morgan fingerprint density at radius 1 is 0.938 bits per heavy atom. The minimum absolute atomic E-state index is 0.152. The van der Waals surface area contributed by atoms with E-state index in [9.17, 15) is 24.8 Å². The molecule has 0 spiro atoms. The Labute approximate surface area is 186 Å². The van der Waals surface area contributed by atoms with E-state index < -0.39 is 28.1 Å². The van der Waals surface area contributed by atoms with Crippen molar-refractivity contribution in [1.82, 2.24) is 0 Å². The molecule has 160 valence electrons. The van der Waals surface area contributed by atoms with E-state index in [1.807, 2.05) is 0 Å². The number of nitrogens with one attached hydrogen (secondary N) is 1. The molecule has 3 rings (SSSR count). The summed E-state index contributed by atoms with van der Waals surface area (Å²) in [6.45, 7) is 0. The van der Waals surface area contributed by atoms with Crippen LogP contribution >= 0.6 is 11.6 Å². The van der Waals surface area contributed by atoms with Gasteiger partial charge in [-0.25, -0.2) is 0 Å². The Balaban J connectivity index is 1.92. The second-order valence-electron chi connectivity index (χ2n) is 6.33. The van der Waals surface area contributed by atoms with Gasteiger partial charge in [0, 0.05) is 28.4 Å². The van der Waals surface area contributed by atoms with Crippen LogP contribution in [0.1, 0.15) is 5.56 Å². The van der Waals surface area contributed by atoms with Gasteiger partial charge in [-0.15, -0.1) is 5.11 Å². The Hall–Kier alpha value is -4.37. The Bertz CT molecular complexity index is 1210. The molecular formula is C22H15ClN4O5. The van der Waals surface area contributed by atoms with Gasteiger partial charge in [-0.3, -0.25) is 19.7 Å². The largest absolute Gasteiger partial charge is 0.505 e. The molecule has 0 radical (unpaired) electrons. The number of azo groups is 1. The molecule has 0 fully saturated rings. The standard InChI is InChI=1S/C22H15ClN4O5/c23-15-8-6-14(7-9-15)20(28)19(26-25-17-4-2-1-3-5-17)21(29)22(30)24-16-10-12-18(13-11-16)27(31)32/h1-13,28H,(H,24,30)/b20-19+,26-25?. The molecule has 1 amide bonds. The fraction of sp³-hybridized carbons (Fsp3) is 0. The van der Waals surface area contributed by atoms with E-state index in [1.54, 1.807) is 30.3 Å². The van der Waals surface area contributed by atoms with Gasteiger partial charge in [-0.2, -0.15) is 5.11 Å². The zero-order valence-corrected chi connectivity index (χ0v) is 17.1. The molecule has 0 unspecified atom stereocenters. The number of hydrogen-bond acceptors (Lipinski definition) is 7. The van der Waals surface area contributed by atoms with Gasteiger partial charge in [0.25, 0.3) is 17.4 Å². The van der Waals surface area contributed by atoms with Crippen molar-refractivity contribution in [3.05, 3.63) is 105 Å². The first-order chi connectivity index (χ1) is 15.3. The monoisotopic (exact) mass is 450 g/mol. The molecule has 0 atom stereocenters. The van der Waals surface area contributed by atoms with Gasteiger partial charge in [0.2, 0.25) is 0 Å². The molecule has 0 aliphatic carbocycles. The third-order valence-corrected chi connectivity index (χ3v) is 4.37. The van der Waals surface area contributed by atoms with Crippen molar-refractivity contribution in [2.45, 2.75) is 0 Å². The Kier molecular flexibility index (Phi) is 7.04. The van der Waals surface area contributed by atoms with Gasteiger partial charge >= 0.3 is 0 Å². The third kappa shape index (κ3) is 5.61. The van der Waals surface area contributed by atoms with Crippen molar-refractivity contribution in [3.63, 3.8) is 0 Å². The third-order valence-electron chi connectivity index (χ3n) is 4.12. The van der Waals surface area contributed by atoms with E-state index in [1.165, 1.54) is 48.5 Å². The second kappa shape index (κ2) is 10.1. The van der Waals surface area contributed by atoms with E-state index in [4.69, 9.17) is 11.6 Å². The number of ketones is 1. The van der Waals surface area contributed by atoms with Crippen LogP contribution in [0.15, 0.2) is 94.8 Å². The topological polar surface area (TPSA) is 134 Å². The SMILES string of the molecule is O=C(Nc1ccc([N+](=O)[O-])cc1)C(=O)/C(N=Nc1ccccc1)=C(\O)c1ccc(Cl)cc1. The lowest BCUT2D eigenvalue weighted by Crippen LogP contribution is -2.24. The van der Waals surface area contributed by atoms with Gasteiger partial charge in [0.05, 0.1) is 10.6 Å². The summed E-state index contributed by atoms with van der Waals surface area (Å²) in [5.41, 5.74) is -0.00722. The number of rotatable bonds is 7. The summed E-state index contributed by atoms with van der Waals surface area (Å²) in [7, 11) is 0. The number of nitrogens with zero attached hydrogens (tertiary/aromatic N) is 3. The van der Waals surface area contributed by atoms with Crippen molar-refractivity contribution in [3.8, 4) is 0 Å². The van der Waals surface area contributed by atoms with Crippen LogP contribution < -0.4 is 5.32 Å². The zero-order valence-electron chi connectivity index (χ0n) is 16.3. The van der Waals surface area contributed by atoms with Gasteiger partial charge in [0.1, 0.15) is 0 Å². The molecule has 0 saturated heterocycles. The van der Waals surface area contributed by atoms with Gasteiger partial charge < -0.3 is 10.4 Å². The number of nitro benzene ring substituents is 1. The highest BCUT2D eigenvalue weighted by Crippen LogP contribution is 2.23. The fourth-order valence-corrected chi connectivity index (χ4v) is 2.64. The second-order valence-corrected chi connectivity index (χ2v) is 6.76. The van der Waals surface area contributed by atoms with Crippen LogP contribution in [-0.4, -0.2) is 21.7 Å². The van der Waals surface area contributed by atoms with Crippen molar-refractivity contribution in [2.24, 2.45) is 10.2 Å². The number of amides is 1. The first-order valence-electron chi connectivity index (χ1n) is 9.11. The Morgan fingerprint density at radius 2 is 1.56 bits per heavy atom. The van der Waals surface area contributed by atoms with E-state index in [0.29, 0.717) is 10.7 Å². The lowest BCUT2D eigenvalue weighted by molar-refractivity contribution is -0.384. The van der Waals surface area contributed by atoms with Gasteiger partial charge in [-0.1, -0.05) is 29.8 Å². The molecule has 10 heteroatoms. The predicted octanol–water partition coefficient (Wildman–Crippen LogP) is 5.47. The summed E-state index contributed by atoms with van der Waals surface area (Å²) >= 11 is 5.86. The highest BCUT2D eigenvalue weighted by Gasteiger charge is 2.24. The lowest BCUT2D eigenvalue weighted by atomic mass is 10.1. The first-order valence-corrected chi connectivity index (χ1v) is 9.49. The van der Waals surface area contributed by atoms with E-state index in [0.717, 1.165) is 0 Å². The number of aliphatic hydroxyl groups excluding tert-OH is 1. The molecule has 0 aliphatic rings. The van der Waals surface area contributed by atoms with Crippen LogP contribution in [0.2, 0.25) is 5.02 Å². The number of anilines is 1. The maximum absolute atomic E-state index is 12.8. The molecule has 3 aromatic carbocycles. The summed E-state index contributed by atoms with van der Waals surface area (Å²) in [5, 5.41) is 31.9. The number of carbonyl (C=O) groups excluding carboxylic acids is 2. The molecule has 32 heavy (non-hydrogen) atoms. The van der Waals surface area contributed by atoms with Crippen LogP contribution in [0.5, 0.6) is 0 Å².